The number of rotatable bonds is 8. The van der Waals surface area contributed by atoms with Crippen molar-refractivity contribution in [2.75, 3.05) is 54.1 Å². The highest BCUT2D eigenvalue weighted by molar-refractivity contribution is 14.0. The fourth-order valence-corrected chi connectivity index (χ4v) is 4.48. The molecule has 3 rings (SSSR count). The minimum atomic E-state index is -0.220. The van der Waals surface area contributed by atoms with Crippen molar-refractivity contribution in [3.05, 3.63) is 51.7 Å². The average molecular weight is 578 g/mol. The summed E-state index contributed by atoms with van der Waals surface area (Å²) in [5, 5.41) is 6.49. The number of nitrogens with one attached hydrogen (secondary N) is 1. The van der Waals surface area contributed by atoms with Crippen LogP contribution in [0.15, 0.2) is 34.6 Å². The number of guanidine groups is 1. The molecule has 0 aliphatic carbocycles. The molecule has 1 N–H and O–H groups in total. The van der Waals surface area contributed by atoms with Crippen molar-refractivity contribution in [2.45, 2.75) is 25.6 Å². The van der Waals surface area contributed by atoms with Crippen LogP contribution < -0.4 is 5.32 Å². The van der Waals surface area contributed by atoms with E-state index in [0.29, 0.717) is 26.3 Å². The molecule has 1 aromatic heterocycles. The third-order valence-corrected chi connectivity index (χ3v) is 6.47. The van der Waals surface area contributed by atoms with Crippen LogP contribution in [0.1, 0.15) is 35.3 Å². The third-order valence-electron chi connectivity index (χ3n) is 5.42. The Kier molecular flexibility index (Phi) is 11.3. The molecule has 2 atom stereocenters. The first-order valence-electron chi connectivity index (χ1n) is 10.5. The van der Waals surface area contributed by atoms with E-state index in [0.717, 1.165) is 35.3 Å². The maximum Gasteiger partial charge on any atom is 0.193 e. The third kappa shape index (κ3) is 7.34. The smallest absolute Gasteiger partial charge is 0.193 e. The Morgan fingerprint density at radius 3 is 2.81 bits per heavy atom. The lowest BCUT2D eigenvalue weighted by Gasteiger charge is -2.35. The van der Waals surface area contributed by atoms with Crippen LogP contribution in [0.5, 0.6) is 0 Å². The summed E-state index contributed by atoms with van der Waals surface area (Å²) in [4.78, 5) is 13.5. The number of methoxy groups -OCH3 is 1. The number of ether oxygens (including phenoxy) is 2. The van der Waals surface area contributed by atoms with Crippen LogP contribution in [0, 0.1) is 5.82 Å². The molecule has 0 amide bonds. The van der Waals surface area contributed by atoms with Gasteiger partial charge in [0.1, 0.15) is 16.9 Å². The minimum Gasteiger partial charge on any atom is -0.379 e. The van der Waals surface area contributed by atoms with Gasteiger partial charge in [0.05, 0.1) is 31.5 Å². The highest BCUT2D eigenvalue weighted by Gasteiger charge is 2.24. The van der Waals surface area contributed by atoms with Crippen LogP contribution in [0.4, 0.5) is 4.39 Å². The summed E-state index contributed by atoms with van der Waals surface area (Å²) in [6.45, 7) is 6.25. The van der Waals surface area contributed by atoms with Gasteiger partial charge in [-0.3, -0.25) is 9.89 Å². The molecule has 2 unspecified atom stereocenters. The van der Waals surface area contributed by atoms with Gasteiger partial charge in [-0.15, -0.1) is 35.3 Å². The van der Waals surface area contributed by atoms with Crippen LogP contribution >= 0.6 is 35.3 Å². The molecule has 32 heavy (non-hydrogen) atoms. The van der Waals surface area contributed by atoms with E-state index in [1.54, 1.807) is 37.6 Å². The molecule has 2 heterocycles. The number of aromatic nitrogens is 1. The fourth-order valence-electron chi connectivity index (χ4n) is 3.63. The van der Waals surface area contributed by atoms with Crippen molar-refractivity contribution in [1.82, 2.24) is 20.1 Å². The van der Waals surface area contributed by atoms with Gasteiger partial charge >= 0.3 is 0 Å². The zero-order valence-corrected chi connectivity index (χ0v) is 22.2. The molecule has 1 aliphatic rings. The summed E-state index contributed by atoms with van der Waals surface area (Å²) in [7, 11) is 5.44. The second-order valence-corrected chi connectivity index (χ2v) is 8.45. The number of benzene rings is 1. The number of morpholine rings is 1. The maximum atomic E-state index is 13.9. The lowest BCUT2D eigenvalue weighted by Crippen LogP contribution is -2.46. The predicted octanol–water partition coefficient (Wildman–Crippen LogP) is 3.69. The summed E-state index contributed by atoms with van der Waals surface area (Å²) < 4.78 is 24.8. The molecular formula is C22H33FIN5O2S. The molecule has 0 bridgehead atoms. The largest absolute Gasteiger partial charge is 0.379 e. The molecule has 0 radical (unpaired) electrons. The van der Waals surface area contributed by atoms with Gasteiger partial charge in [-0.2, -0.15) is 0 Å². The second kappa shape index (κ2) is 13.4. The van der Waals surface area contributed by atoms with E-state index in [4.69, 9.17) is 9.47 Å². The number of hydrogen-bond acceptors (Lipinski definition) is 6. The van der Waals surface area contributed by atoms with Gasteiger partial charge in [0.2, 0.25) is 0 Å². The van der Waals surface area contributed by atoms with E-state index >= 15 is 0 Å². The summed E-state index contributed by atoms with van der Waals surface area (Å²) in [5.74, 6) is 0.547. The number of hydrogen-bond donors (Lipinski definition) is 1. The molecule has 1 saturated heterocycles. The monoisotopic (exact) mass is 577 g/mol. The first-order chi connectivity index (χ1) is 15.0. The number of aliphatic imine (C=N–C) groups is 1. The molecule has 7 nitrogen and oxygen atoms in total. The summed E-state index contributed by atoms with van der Waals surface area (Å²) in [6, 6.07) is 6.86. The van der Waals surface area contributed by atoms with Gasteiger partial charge < -0.3 is 19.7 Å². The first-order valence-corrected chi connectivity index (χ1v) is 11.4. The summed E-state index contributed by atoms with van der Waals surface area (Å²) in [6.07, 6.45) is -0.0120. The van der Waals surface area contributed by atoms with Gasteiger partial charge in [0, 0.05) is 46.2 Å². The molecule has 0 spiro atoms. The standard InChI is InChI=1S/C22H32FN5O2S.HI/c1-16(29-4)21-26-19(15-31-21)14-27(3)22(24-2)25-13-20(28-8-10-30-11-9-28)17-6-5-7-18(23)12-17;/h5-7,12,15-16,20H,8-11,13-14H2,1-4H3,(H,24,25);1H. The highest BCUT2D eigenvalue weighted by atomic mass is 127. The molecule has 178 valence electrons. The highest BCUT2D eigenvalue weighted by Crippen LogP contribution is 2.23. The SMILES string of the molecule is CN=C(NCC(c1cccc(F)c1)N1CCOCC1)N(C)Cc1csc(C(C)OC)n1.I. The van der Waals surface area contributed by atoms with Crippen LogP contribution in [-0.4, -0.2) is 74.8 Å². The van der Waals surface area contributed by atoms with Crippen LogP contribution in [-0.2, 0) is 16.0 Å². The topological polar surface area (TPSA) is 62.2 Å². The quantitative estimate of drug-likeness (QED) is 0.294. The van der Waals surface area contributed by atoms with Crippen molar-refractivity contribution in [3.63, 3.8) is 0 Å². The van der Waals surface area contributed by atoms with E-state index in [1.165, 1.54) is 6.07 Å². The number of halogens is 2. The maximum absolute atomic E-state index is 13.9. The summed E-state index contributed by atoms with van der Waals surface area (Å²) >= 11 is 1.60. The molecular weight excluding hydrogens is 544 g/mol. The van der Waals surface area contributed by atoms with Crippen LogP contribution in [0.25, 0.3) is 0 Å². The van der Waals surface area contributed by atoms with E-state index < -0.39 is 0 Å². The first kappa shape index (κ1) is 26.9. The zero-order chi connectivity index (χ0) is 22.2. The van der Waals surface area contributed by atoms with Crippen LogP contribution in [0.2, 0.25) is 0 Å². The van der Waals surface area contributed by atoms with Crippen molar-refractivity contribution < 1.29 is 13.9 Å². The lowest BCUT2D eigenvalue weighted by molar-refractivity contribution is 0.0168. The van der Waals surface area contributed by atoms with E-state index in [2.05, 4.69) is 25.6 Å². The predicted molar refractivity (Wildman–Crippen MR) is 137 cm³/mol. The van der Waals surface area contributed by atoms with Gasteiger partial charge in [-0.25, -0.2) is 9.37 Å². The second-order valence-electron chi connectivity index (χ2n) is 7.56. The molecule has 1 aromatic carbocycles. The zero-order valence-electron chi connectivity index (χ0n) is 19.1. The molecule has 1 aliphatic heterocycles. The lowest BCUT2D eigenvalue weighted by atomic mass is 10.0. The van der Waals surface area contributed by atoms with E-state index in [-0.39, 0.29) is 41.9 Å². The van der Waals surface area contributed by atoms with Gasteiger partial charge in [0.25, 0.3) is 0 Å². The van der Waals surface area contributed by atoms with Crippen molar-refractivity contribution in [1.29, 1.82) is 0 Å². The van der Waals surface area contributed by atoms with E-state index in [1.807, 2.05) is 24.9 Å². The number of thiazole rings is 1. The Bertz CT molecular complexity index is 862. The fraction of sp³-hybridized carbons (Fsp3) is 0.545. The van der Waals surface area contributed by atoms with Gasteiger partial charge in [-0.05, 0) is 24.6 Å². The average Bonchev–Trinajstić information content (AvgIpc) is 3.25. The van der Waals surface area contributed by atoms with Gasteiger partial charge in [-0.1, -0.05) is 12.1 Å². The molecule has 2 aromatic rings. The Morgan fingerprint density at radius 2 is 2.16 bits per heavy atom. The van der Waals surface area contributed by atoms with Crippen LogP contribution in [0.3, 0.4) is 0 Å². The Morgan fingerprint density at radius 1 is 1.41 bits per heavy atom. The van der Waals surface area contributed by atoms with Crippen molar-refractivity contribution in [2.24, 2.45) is 4.99 Å². The number of nitrogens with zero attached hydrogens (tertiary/aromatic N) is 4. The molecule has 10 heteroatoms. The summed E-state index contributed by atoms with van der Waals surface area (Å²) in [5.41, 5.74) is 1.93. The van der Waals surface area contributed by atoms with Gasteiger partial charge in [0.15, 0.2) is 5.96 Å². The normalized spacial score (nSPS) is 16.8. The Hall–Kier alpha value is -1.34. The van der Waals surface area contributed by atoms with Crippen molar-refractivity contribution >= 4 is 41.3 Å². The Labute approximate surface area is 211 Å². The molecule has 1 fully saturated rings. The molecule has 0 saturated carbocycles. The Balaban J connectivity index is 0.00000363. The van der Waals surface area contributed by atoms with E-state index in [9.17, 15) is 4.39 Å². The minimum absolute atomic E-state index is 0. The van der Waals surface area contributed by atoms with Crippen molar-refractivity contribution in [3.8, 4) is 0 Å².